The van der Waals surface area contributed by atoms with E-state index in [0.29, 0.717) is 5.56 Å². The predicted molar refractivity (Wildman–Crippen MR) is 137 cm³/mol. The van der Waals surface area contributed by atoms with E-state index in [1.807, 2.05) is 36.4 Å². The average Bonchev–Trinajstić information content (AvgIpc) is 2.86. The van der Waals surface area contributed by atoms with Gasteiger partial charge in [0.15, 0.2) is 6.79 Å². The Morgan fingerprint density at radius 3 is 2.06 bits per heavy atom. The zero-order valence-electron chi connectivity index (χ0n) is 19.1. The zero-order chi connectivity index (χ0) is 23.8. The second-order valence-electron chi connectivity index (χ2n) is 8.09. The standard InChI is InChI=1S/C29H28FO3P/c1-32-20-33-29-24(15-22-10-6-3-7-11-22)16-23(14-21-8-4-2-5-9-21)17-28(29)34-27-13-12-26(30)18-25(27)19-31/h2-13,16-18,31,34H,14-15,19-20H2,1H3. The van der Waals surface area contributed by atoms with E-state index < -0.39 is 0 Å². The number of aliphatic hydroxyl groups is 1. The Balaban J connectivity index is 1.80. The van der Waals surface area contributed by atoms with Crippen LogP contribution in [0.1, 0.15) is 27.8 Å². The van der Waals surface area contributed by atoms with Crippen molar-refractivity contribution < 1.29 is 19.0 Å². The maximum Gasteiger partial charge on any atom is 0.188 e. The van der Waals surface area contributed by atoms with Crippen molar-refractivity contribution in [1.29, 1.82) is 0 Å². The molecule has 0 radical (unpaired) electrons. The van der Waals surface area contributed by atoms with E-state index in [4.69, 9.17) is 9.47 Å². The van der Waals surface area contributed by atoms with Crippen molar-refractivity contribution >= 4 is 19.2 Å². The molecule has 4 aromatic rings. The van der Waals surface area contributed by atoms with Crippen LogP contribution in [0.3, 0.4) is 0 Å². The minimum atomic E-state index is -0.351. The summed E-state index contributed by atoms with van der Waals surface area (Å²) in [6.45, 7) is -0.0808. The minimum Gasteiger partial charge on any atom is -0.467 e. The predicted octanol–water partition coefficient (Wildman–Crippen LogP) is 5.11. The van der Waals surface area contributed by atoms with E-state index in [-0.39, 0.29) is 27.8 Å². The number of hydrogen-bond acceptors (Lipinski definition) is 3. The molecule has 0 aliphatic heterocycles. The number of rotatable bonds is 10. The molecule has 1 atom stereocenters. The van der Waals surface area contributed by atoms with Gasteiger partial charge in [-0.25, -0.2) is 4.39 Å². The number of halogens is 1. The Labute approximate surface area is 202 Å². The van der Waals surface area contributed by atoms with Crippen LogP contribution in [0.2, 0.25) is 0 Å². The van der Waals surface area contributed by atoms with Gasteiger partial charge in [0.25, 0.3) is 0 Å². The molecule has 174 valence electrons. The van der Waals surface area contributed by atoms with Crippen LogP contribution in [0.5, 0.6) is 5.75 Å². The van der Waals surface area contributed by atoms with Crippen molar-refractivity contribution in [1.82, 2.24) is 0 Å². The van der Waals surface area contributed by atoms with Gasteiger partial charge in [-0.1, -0.05) is 81.4 Å². The molecule has 0 aliphatic carbocycles. The van der Waals surface area contributed by atoms with Crippen molar-refractivity contribution in [2.45, 2.75) is 19.4 Å². The van der Waals surface area contributed by atoms with E-state index in [1.165, 1.54) is 28.8 Å². The Morgan fingerprint density at radius 2 is 1.41 bits per heavy atom. The van der Waals surface area contributed by atoms with Crippen molar-refractivity contribution in [3.63, 3.8) is 0 Å². The molecular formula is C29H28FO3P. The second-order valence-corrected chi connectivity index (χ2v) is 9.42. The second kappa shape index (κ2) is 11.9. The van der Waals surface area contributed by atoms with Crippen molar-refractivity contribution in [2.24, 2.45) is 0 Å². The van der Waals surface area contributed by atoms with E-state index >= 15 is 0 Å². The van der Waals surface area contributed by atoms with E-state index in [1.54, 1.807) is 13.2 Å². The van der Waals surface area contributed by atoms with Crippen LogP contribution in [0.4, 0.5) is 4.39 Å². The van der Waals surface area contributed by atoms with Gasteiger partial charge in [0.2, 0.25) is 0 Å². The first-order valence-corrected chi connectivity index (χ1v) is 12.2. The average molecular weight is 475 g/mol. The summed E-state index contributed by atoms with van der Waals surface area (Å²) in [6.07, 6.45) is 1.51. The van der Waals surface area contributed by atoms with Gasteiger partial charge in [0, 0.05) is 18.8 Å². The largest absolute Gasteiger partial charge is 0.467 e. The van der Waals surface area contributed by atoms with E-state index in [0.717, 1.165) is 34.8 Å². The first kappa shape index (κ1) is 24.1. The molecule has 0 aliphatic rings. The first-order chi connectivity index (χ1) is 16.7. The molecule has 1 N–H and O–H groups in total. The molecule has 4 rings (SSSR count). The van der Waals surface area contributed by atoms with Gasteiger partial charge in [-0.05, 0) is 57.7 Å². The Bertz CT molecular complexity index is 1210. The molecule has 0 saturated heterocycles. The lowest BCUT2D eigenvalue weighted by molar-refractivity contribution is 0.0513. The summed E-state index contributed by atoms with van der Waals surface area (Å²) in [5, 5.41) is 11.7. The molecule has 4 aromatic carbocycles. The Kier molecular flexibility index (Phi) is 8.43. The van der Waals surface area contributed by atoms with Gasteiger partial charge in [-0.2, -0.15) is 0 Å². The highest BCUT2D eigenvalue weighted by atomic mass is 31.1. The lowest BCUT2D eigenvalue weighted by atomic mass is 9.98. The normalized spacial score (nSPS) is 11.3. The molecule has 0 amide bonds. The van der Waals surface area contributed by atoms with Crippen LogP contribution in [0.25, 0.3) is 0 Å². The van der Waals surface area contributed by atoms with Crippen LogP contribution in [-0.4, -0.2) is 19.0 Å². The third-order valence-corrected chi connectivity index (χ3v) is 6.94. The topological polar surface area (TPSA) is 38.7 Å². The number of methoxy groups -OCH3 is 1. The molecule has 5 heteroatoms. The van der Waals surface area contributed by atoms with Gasteiger partial charge in [-0.15, -0.1) is 0 Å². The molecule has 1 unspecified atom stereocenters. The van der Waals surface area contributed by atoms with Crippen LogP contribution in [-0.2, 0) is 24.2 Å². The van der Waals surface area contributed by atoms with Gasteiger partial charge in [-0.3, -0.25) is 0 Å². The van der Waals surface area contributed by atoms with E-state index in [9.17, 15) is 9.50 Å². The van der Waals surface area contributed by atoms with Crippen LogP contribution in [0, 0.1) is 5.82 Å². The smallest absolute Gasteiger partial charge is 0.188 e. The van der Waals surface area contributed by atoms with Gasteiger partial charge in [0.05, 0.1) is 6.61 Å². The summed E-state index contributed by atoms with van der Waals surface area (Å²) in [7, 11) is 1.80. The lowest BCUT2D eigenvalue weighted by Gasteiger charge is -2.19. The minimum absolute atomic E-state index is 0.133. The number of aliphatic hydroxyl groups excluding tert-OH is 1. The van der Waals surface area contributed by atoms with E-state index in [2.05, 4.69) is 36.4 Å². The zero-order valence-corrected chi connectivity index (χ0v) is 20.1. The van der Waals surface area contributed by atoms with Crippen molar-refractivity contribution in [2.75, 3.05) is 13.9 Å². The fourth-order valence-electron chi connectivity index (χ4n) is 3.98. The van der Waals surface area contributed by atoms with Gasteiger partial charge in [0.1, 0.15) is 11.6 Å². The third-order valence-electron chi connectivity index (χ3n) is 5.54. The maximum absolute atomic E-state index is 13.8. The summed E-state index contributed by atoms with van der Waals surface area (Å²) in [6, 6.07) is 29.6. The van der Waals surface area contributed by atoms with Crippen LogP contribution < -0.4 is 15.3 Å². The molecule has 34 heavy (non-hydrogen) atoms. The quantitative estimate of drug-likeness (QED) is 0.256. The van der Waals surface area contributed by atoms with Gasteiger partial charge < -0.3 is 14.6 Å². The summed E-state index contributed by atoms with van der Waals surface area (Å²) in [5.74, 6) is 0.435. The molecule has 0 saturated carbocycles. The van der Waals surface area contributed by atoms with Crippen molar-refractivity contribution in [3.8, 4) is 5.75 Å². The number of benzene rings is 4. The fraction of sp³-hybridized carbons (Fsp3) is 0.172. The Morgan fingerprint density at radius 1 is 0.735 bits per heavy atom. The highest BCUT2D eigenvalue weighted by Crippen LogP contribution is 2.29. The van der Waals surface area contributed by atoms with Gasteiger partial charge >= 0.3 is 0 Å². The fourth-order valence-corrected chi connectivity index (χ4v) is 5.35. The first-order valence-electron chi connectivity index (χ1n) is 11.2. The lowest BCUT2D eigenvalue weighted by Crippen LogP contribution is -2.16. The molecule has 3 nitrogen and oxygen atoms in total. The molecule has 0 fully saturated rings. The molecule has 0 spiro atoms. The summed E-state index contributed by atoms with van der Waals surface area (Å²) < 4.78 is 25.1. The third kappa shape index (κ3) is 6.30. The summed E-state index contributed by atoms with van der Waals surface area (Å²) >= 11 is 0. The monoisotopic (exact) mass is 474 g/mol. The molecule has 0 aromatic heterocycles. The molecule has 0 bridgehead atoms. The Hall–Kier alpha value is -3.04. The summed E-state index contributed by atoms with van der Waals surface area (Å²) in [4.78, 5) is 0. The number of ether oxygens (including phenoxy) is 2. The van der Waals surface area contributed by atoms with Crippen LogP contribution >= 0.6 is 8.58 Å². The molecular weight excluding hydrogens is 446 g/mol. The maximum atomic E-state index is 13.8. The summed E-state index contributed by atoms with van der Waals surface area (Å²) in [5.41, 5.74) is 5.26. The highest BCUT2D eigenvalue weighted by molar-refractivity contribution is 7.55. The number of hydrogen-bond donors (Lipinski definition) is 1. The highest BCUT2D eigenvalue weighted by Gasteiger charge is 2.16. The molecule has 0 heterocycles. The SMILES string of the molecule is COCOc1c(Cc2ccccc2)cc(Cc2ccccc2)cc1Pc1ccc(F)cc1CO. The van der Waals surface area contributed by atoms with Crippen molar-refractivity contribution in [3.05, 3.63) is 125 Å². The van der Waals surface area contributed by atoms with Crippen LogP contribution in [0.15, 0.2) is 91.0 Å².